The molecular weight excluding hydrogens is 297 g/mol. The Balaban J connectivity index is 2.47. The summed E-state index contributed by atoms with van der Waals surface area (Å²) in [4.78, 5) is 0. The molecule has 0 aliphatic heterocycles. The molecule has 0 bridgehead atoms. The lowest BCUT2D eigenvalue weighted by molar-refractivity contribution is 0.448. The monoisotopic (exact) mass is 313 g/mol. The highest BCUT2D eigenvalue weighted by Gasteiger charge is 2.18. The van der Waals surface area contributed by atoms with Crippen molar-refractivity contribution in [1.82, 2.24) is 5.32 Å². The molecule has 0 aliphatic rings. The van der Waals surface area contributed by atoms with E-state index in [-0.39, 0.29) is 11.9 Å². The van der Waals surface area contributed by atoms with E-state index in [4.69, 9.17) is 4.42 Å². The second kappa shape index (κ2) is 5.41. The summed E-state index contributed by atoms with van der Waals surface area (Å²) in [5.74, 6) is 0.628. The van der Waals surface area contributed by atoms with Gasteiger partial charge in [0.25, 0.3) is 0 Å². The number of benzene rings is 1. The van der Waals surface area contributed by atoms with Gasteiger partial charge in [0.2, 0.25) is 0 Å². The maximum Gasteiger partial charge on any atom is 0.149 e. The third-order valence-corrected chi connectivity index (χ3v) is 3.68. The molecule has 0 spiro atoms. The molecule has 98 valence electrons. The van der Waals surface area contributed by atoms with Crippen LogP contribution in [0.25, 0.3) is 11.0 Å². The highest BCUT2D eigenvalue weighted by molar-refractivity contribution is 9.10. The first-order valence-corrected chi connectivity index (χ1v) is 6.95. The van der Waals surface area contributed by atoms with Crippen molar-refractivity contribution in [2.24, 2.45) is 0 Å². The van der Waals surface area contributed by atoms with Gasteiger partial charge in [0.05, 0.1) is 10.5 Å². The first-order valence-electron chi connectivity index (χ1n) is 6.16. The van der Waals surface area contributed by atoms with E-state index in [1.54, 1.807) is 0 Å². The standard InChI is InChI=1S/C14H17BrFNO/c1-4-5-17-9(3)13-8(2)11-6-10(16)7-12(15)14(11)18-13/h6-7,9,17H,4-5H2,1-3H3. The largest absolute Gasteiger partial charge is 0.458 e. The number of fused-ring (bicyclic) bond motifs is 1. The Kier molecular flexibility index (Phi) is 4.07. The van der Waals surface area contributed by atoms with Crippen LogP contribution in [-0.2, 0) is 0 Å². The topological polar surface area (TPSA) is 25.2 Å². The van der Waals surface area contributed by atoms with Crippen LogP contribution in [0.4, 0.5) is 4.39 Å². The Morgan fingerprint density at radius 2 is 2.17 bits per heavy atom. The van der Waals surface area contributed by atoms with Gasteiger partial charge in [-0.2, -0.15) is 0 Å². The smallest absolute Gasteiger partial charge is 0.149 e. The zero-order chi connectivity index (χ0) is 13.3. The fourth-order valence-electron chi connectivity index (χ4n) is 2.13. The van der Waals surface area contributed by atoms with Crippen molar-refractivity contribution in [3.63, 3.8) is 0 Å². The van der Waals surface area contributed by atoms with Crippen LogP contribution in [0.1, 0.15) is 37.6 Å². The van der Waals surface area contributed by atoms with Gasteiger partial charge < -0.3 is 9.73 Å². The summed E-state index contributed by atoms with van der Waals surface area (Å²) in [5, 5.41) is 4.22. The number of aryl methyl sites for hydroxylation is 1. The number of furan rings is 1. The van der Waals surface area contributed by atoms with Gasteiger partial charge in [0.1, 0.15) is 17.2 Å². The molecule has 18 heavy (non-hydrogen) atoms. The Bertz CT molecular complexity index is 564. The van der Waals surface area contributed by atoms with Crippen molar-refractivity contribution >= 4 is 26.9 Å². The lowest BCUT2D eigenvalue weighted by Crippen LogP contribution is -2.19. The second-order valence-corrected chi connectivity index (χ2v) is 5.39. The van der Waals surface area contributed by atoms with E-state index < -0.39 is 0 Å². The van der Waals surface area contributed by atoms with Gasteiger partial charge in [0.15, 0.2) is 0 Å². The molecule has 0 fully saturated rings. The normalized spacial score (nSPS) is 13.2. The fourth-order valence-corrected chi connectivity index (χ4v) is 2.64. The number of rotatable bonds is 4. The Morgan fingerprint density at radius 1 is 1.44 bits per heavy atom. The van der Waals surface area contributed by atoms with E-state index in [9.17, 15) is 4.39 Å². The Labute approximate surface area is 115 Å². The molecule has 0 amide bonds. The summed E-state index contributed by atoms with van der Waals surface area (Å²) in [7, 11) is 0. The van der Waals surface area contributed by atoms with Gasteiger partial charge in [-0.25, -0.2) is 4.39 Å². The lowest BCUT2D eigenvalue weighted by atomic mass is 10.1. The maximum atomic E-state index is 13.4. The SMILES string of the molecule is CCCNC(C)c1oc2c(Br)cc(F)cc2c1C. The highest BCUT2D eigenvalue weighted by Crippen LogP contribution is 2.34. The van der Waals surface area contributed by atoms with Crippen molar-refractivity contribution < 1.29 is 8.81 Å². The van der Waals surface area contributed by atoms with Gasteiger partial charge in [0, 0.05) is 10.9 Å². The molecule has 2 nitrogen and oxygen atoms in total. The summed E-state index contributed by atoms with van der Waals surface area (Å²) in [6, 6.07) is 3.08. The first-order chi connectivity index (χ1) is 8.54. The summed E-state index contributed by atoms with van der Waals surface area (Å²) in [6.45, 7) is 7.09. The Hall–Kier alpha value is -0.870. The van der Waals surface area contributed by atoms with Crippen molar-refractivity contribution in [2.45, 2.75) is 33.2 Å². The third kappa shape index (κ3) is 2.45. The van der Waals surface area contributed by atoms with Gasteiger partial charge >= 0.3 is 0 Å². The predicted octanol–water partition coefficient (Wildman–Crippen LogP) is 4.70. The third-order valence-electron chi connectivity index (χ3n) is 3.09. The molecule has 1 aromatic heterocycles. The molecule has 4 heteroatoms. The van der Waals surface area contributed by atoms with E-state index in [1.165, 1.54) is 12.1 Å². The van der Waals surface area contributed by atoms with Crippen molar-refractivity contribution in [1.29, 1.82) is 0 Å². The minimum atomic E-state index is -0.251. The molecule has 1 atom stereocenters. The molecule has 1 aromatic carbocycles. The van der Waals surface area contributed by atoms with Gasteiger partial charge in [-0.15, -0.1) is 0 Å². The quantitative estimate of drug-likeness (QED) is 0.884. The van der Waals surface area contributed by atoms with Crippen LogP contribution >= 0.6 is 15.9 Å². The number of hydrogen-bond donors (Lipinski definition) is 1. The number of nitrogens with one attached hydrogen (secondary N) is 1. The lowest BCUT2D eigenvalue weighted by Gasteiger charge is -2.11. The summed E-state index contributed by atoms with van der Waals surface area (Å²) < 4.78 is 19.9. The maximum absolute atomic E-state index is 13.4. The van der Waals surface area contributed by atoms with Crippen LogP contribution in [0.2, 0.25) is 0 Å². The summed E-state index contributed by atoms with van der Waals surface area (Å²) in [5.41, 5.74) is 1.72. The summed E-state index contributed by atoms with van der Waals surface area (Å²) >= 11 is 3.34. The molecule has 0 saturated heterocycles. The minimum Gasteiger partial charge on any atom is -0.458 e. The second-order valence-electron chi connectivity index (χ2n) is 4.53. The molecule has 1 heterocycles. The molecule has 1 N–H and O–H groups in total. The first kappa shape index (κ1) is 13.6. The van der Waals surface area contributed by atoms with Crippen LogP contribution in [-0.4, -0.2) is 6.54 Å². The van der Waals surface area contributed by atoms with Crippen molar-refractivity contribution in [3.8, 4) is 0 Å². The van der Waals surface area contributed by atoms with Crippen molar-refractivity contribution in [3.05, 3.63) is 33.7 Å². The summed E-state index contributed by atoms with van der Waals surface area (Å²) in [6.07, 6.45) is 1.07. The molecule has 0 saturated carbocycles. The van der Waals surface area contributed by atoms with Gasteiger partial charge in [-0.1, -0.05) is 6.92 Å². The van der Waals surface area contributed by atoms with E-state index in [0.717, 1.165) is 29.7 Å². The van der Waals surface area contributed by atoms with Crippen LogP contribution in [0, 0.1) is 12.7 Å². The van der Waals surface area contributed by atoms with Crippen LogP contribution in [0.15, 0.2) is 21.0 Å². The Morgan fingerprint density at radius 3 is 2.83 bits per heavy atom. The molecule has 2 aromatic rings. The van der Waals surface area contributed by atoms with Gasteiger partial charge in [-0.3, -0.25) is 0 Å². The zero-order valence-electron chi connectivity index (χ0n) is 10.8. The predicted molar refractivity (Wildman–Crippen MR) is 75.3 cm³/mol. The van der Waals surface area contributed by atoms with E-state index in [2.05, 4.69) is 35.1 Å². The van der Waals surface area contributed by atoms with Crippen LogP contribution < -0.4 is 5.32 Å². The number of halogens is 2. The zero-order valence-corrected chi connectivity index (χ0v) is 12.4. The fraction of sp³-hybridized carbons (Fsp3) is 0.429. The molecule has 2 rings (SSSR count). The average molecular weight is 314 g/mol. The molecular formula is C14H17BrFNO. The van der Waals surface area contributed by atoms with Crippen LogP contribution in [0.5, 0.6) is 0 Å². The van der Waals surface area contributed by atoms with Crippen LogP contribution in [0.3, 0.4) is 0 Å². The average Bonchev–Trinajstić information content (AvgIpc) is 2.65. The molecule has 0 radical (unpaired) electrons. The number of hydrogen-bond acceptors (Lipinski definition) is 2. The van der Waals surface area contributed by atoms with Gasteiger partial charge in [-0.05, 0) is 54.9 Å². The highest BCUT2D eigenvalue weighted by atomic mass is 79.9. The van der Waals surface area contributed by atoms with Crippen molar-refractivity contribution in [2.75, 3.05) is 6.54 Å². The molecule has 0 aliphatic carbocycles. The van der Waals surface area contributed by atoms with E-state index in [0.29, 0.717) is 10.1 Å². The van der Waals surface area contributed by atoms with E-state index >= 15 is 0 Å². The molecule has 1 unspecified atom stereocenters. The van der Waals surface area contributed by atoms with E-state index in [1.807, 2.05) is 6.92 Å². The minimum absolute atomic E-state index is 0.132.